The van der Waals surface area contributed by atoms with E-state index in [1.807, 2.05) is 31.2 Å². The monoisotopic (exact) mass is 299 g/mol. The molecule has 0 radical (unpaired) electrons. The van der Waals surface area contributed by atoms with Gasteiger partial charge in [0.2, 0.25) is 0 Å². The average Bonchev–Trinajstić information content (AvgIpc) is 2.34. The molecule has 3 nitrogen and oxygen atoms in total. The Morgan fingerprint density at radius 2 is 2.06 bits per heavy atom. The highest BCUT2D eigenvalue weighted by molar-refractivity contribution is 9.10. The Bertz CT molecular complexity index is 368. The second-order valence-electron chi connectivity index (χ2n) is 3.81. The van der Waals surface area contributed by atoms with Gasteiger partial charge in [0.15, 0.2) is 5.78 Å². The third-order valence-corrected chi connectivity index (χ3v) is 3.38. The fourth-order valence-electron chi connectivity index (χ4n) is 1.65. The molecule has 0 aliphatic heterocycles. The largest absolute Gasteiger partial charge is 0.395 e. The highest BCUT2D eigenvalue weighted by Crippen LogP contribution is 2.17. The van der Waals surface area contributed by atoms with Crippen molar-refractivity contribution in [3.8, 4) is 0 Å². The molecule has 0 aliphatic carbocycles. The fourth-order valence-corrected chi connectivity index (χ4v) is 2.16. The number of carbonyl (C=O) groups is 1. The van der Waals surface area contributed by atoms with Crippen molar-refractivity contribution in [3.05, 3.63) is 34.3 Å². The molecular formula is C13H18BrNO2. The molecular weight excluding hydrogens is 282 g/mol. The van der Waals surface area contributed by atoms with Crippen molar-refractivity contribution in [1.82, 2.24) is 4.90 Å². The van der Waals surface area contributed by atoms with Gasteiger partial charge in [-0.05, 0) is 12.6 Å². The van der Waals surface area contributed by atoms with E-state index in [2.05, 4.69) is 20.8 Å². The lowest BCUT2D eigenvalue weighted by Crippen LogP contribution is -2.29. The van der Waals surface area contributed by atoms with Gasteiger partial charge in [-0.1, -0.05) is 41.1 Å². The first-order valence-corrected chi connectivity index (χ1v) is 6.59. The maximum absolute atomic E-state index is 12.0. The fraction of sp³-hybridized carbons (Fsp3) is 0.462. The second-order valence-corrected chi connectivity index (χ2v) is 4.67. The Labute approximate surface area is 111 Å². The number of hydrogen-bond acceptors (Lipinski definition) is 3. The third-order valence-electron chi connectivity index (χ3n) is 2.69. The third kappa shape index (κ3) is 4.58. The first kappa shape index (κ1) is 14.4. The van der Waals surface area contributed by atoms with E-state index in [1.165, 1.54) is 0 Å². The molecule has 0 spiro atoms. The van der Waals surface area contributed by atoms with Crippen LogP contribution in [0, 0.1) is 0 Å². The minimum absolute atomic E-state index is 0.133. The summed E-state index contributed by atoms with van der Waals surface area (Å²) >= 11 is 3.38. The van der Waals surface area contributed by atoms with Crippen molar-refractivity contribution in [3.63, 3.8) is 0 Å². The molecule has 1 rings (SSSR count). The Morgan fingerprint density at radius 1 is 1.35 bits per heavy atom. The first-order chi connectivity index (χ1) is 8.19. The normalized spacial score (nSPS) is 10.8. The van der Waals surface area contributed by atoms with E-state index >= 15 is 0 Å². The summed E-state index contributed by atoms with van der Waals surface area (Å²) < 4.78 is 0.843. The van der Waals surface area contributed by atoms with E-state index < -0.39 is 0 Å². The van der Waals surface area contributed by atoms with Crippen molar-refractivity contribution < 1.29 is 9.90 Å². The molecule has 94 valence electrons. The summed E-state index contributed by atoms with van der Waals surface area (Å²) in [5.74, 6) is 0.133. The van der Waals surface area contributed by atoms with Crippen LogP contribution in [0.5, 0.6) is 0 Å². The number of rotatable bonds is 7. The van der Waals surface area contributed by atoms with Gasteiger partial charge in [-0.2, -0.15) is 0 Å². The van der Waals surface area contributed by atoms with Crippen LogP contribution in [0.15, 0.2) is 28.7 Å². The van der Waals surface area contributed by atoms with Crippen LogP contribution in [0.4, 0.5) is 0 Å². The molecule has 0 aromatic heterocycles. The SMILES string of the molecule is CCN(CCO)CCC(=O)c1ccccc1Br. The highest BCUT2D eigenvalue weighted by atomic mass is 79.9. The Balaban J connectivity index is 2.52. The van der Waals surface area contributed by atoms with Gasteiger partial charge in [0.25, 0.3) is 0 Å². The second kappa shape index (κ2) is 7.58. The van der Waals surface area contributed by atoms with Crippen LogP contribution in [-0.2, 0) is 0 Å². The average molecular weight is 300 g/mol. The van der Waals surface area contributed by atoms with E-state index in [1.54, 1.807) is 0 Å². The summed E-state index contributed by atoms with van der Waals surface area (Å²) in [5.41, 5.74) is 0.729. The van der Waals surface area contributed by atoms with Crippen LogP contribution in [0.1, 0.15) is 23.7 Å². The Morgan fingerprint density at radius 3 is 2.65 bits per heavy atom. The number of aliphatic hydroxyl groups excluding tert-OH is 1. The molecule has 0 atom stereocenters. The number of ketones is 1. The van der Waals surface area contributed by atoms with Gasteiger partial charge >= 0.3 is 0 Å². The maximum Gasteiger partial charge on any atom is 0.165 e. The van der Waals surface area contributed by atoms with Crippen LogP contribution in [0.25, 0.3) is 0 Å². The molecule has 0 aliphatic rings. The van der Waals surface area contributed by atoms with Gasteiger partial charge in [-0.3, -0.25) is 4.79 Å². The molecule has 0 unspecified atom stereocenters. The number of carbonyl (C=O) groups excluding carboxylic acids is 1. The van der Waals surface area contributed by atoms with Crippen molar-refractivity contribution in [2.75, 3.05) is 26.2 Å². The van der Waals surface area contributed by atoms with Crippen LogP contribution in [-0.4, -0.2) is 42.0 Å². The lowest BCUT2D eigenvalue weighted by Gasteiger charge is -2.18. The van der Waals surface area contributed by atoms with E-state index in [9.17, 15) is 4.79 Å². The Kier molecular flexibility index (Phi) is 6.40. The molecule has 1 aromatic rings. The predicted octanol–water partition coefficient (Wildman–Crippen LogP) is 2.34. The van der Waals surface area contributed by atoms with Crippen molar-refractivity contribution >= 4 is 21.7 Å². The van der Waals surface area contributed by atoms with Gasteiger partial charge in [0.1, 0.15) is 0 Å². The number of hydrogen-bond donors (Lipinski definition) is 1. The van der Waals surface area contributed by atoms with Gasteiger partial charge in [0, 0.05) is 29.5 Å². The molecule has 0 bridgehead atoms. The van der Waals surface area contributed by atoms with E-state index in [0.717, 1.165) is 16.6 Å². The van der Waals surface area contributed by atoms with Crippen LogP contribution >= 0.6 is 15.9 Å². The minimum Gasteiger partial charge on any atom is -0.395 e. The molecule has 0 saturated heterocycles. The summed E-state index contributed by atoms with van der Waals surface area (Å²) in [6, 6.07) is 7.46. The van der Waals surface area contributed by atoms with Crippen LogP contribution < -0.4 is 0 Å². The number of Topliss-reactive ketones (excluding diaryl/α,β-unsaturated/α-hetero) is 1. The first-order valence-electron chi connectivity index (χ1n) is 5.80. The van der Waals surface area contributed by atoms with E-state index in [-0.39, 0.29) is 12.4 Å². The lowest BCUT2D eigenvalue weighted by molar-refractivity contribution is 0.0958. The molecule has 17 heavy (non-hydrogen) atoms. The topological polar surface area (TPSA) is 40.5 Å². The van der Waals surface area contributed by atoms with Crippen molar-refractivity contribution in [1.29, 1.82) is 0 Å². The Hall–Kier alpha value is -0.710. The summed E-state index contributed by atoms with van der Waals surface area (Å²) in [4.78, 5) is 14.0. The number of aliphatic hydroxyl groups is 1. The number of likely N-dealkylation sites (N-methyl/N-ethyl adjacent to an activating group) is 1. The van der Waals surface area contributed by atoms with E-state index in [4.69, 9.17) is 5.11 Å². The molecule has 1 N–H and O–H groups in total. The molecule has 0 heterocycles. The summed E-state index contributed by atoms with van der Waals surface area (Å²) in [6.07, 6.45) is 0.483. The zero-order valence-corrected chi connectivity index (χ0v) is 11.6. The van der Waals surface area contributed by atoms with Gasteiger partial charge in [-0.15, -0.1) is 0 Å². The zero-order chi connectivity index (χ0) is 12.7. The van der Waals surface area contributed by atoms with Gasteiger partial charge in [0.05, 0.1) is 6.61 Å². The van der Waals surface area contributed by atoms with Crippen LogP contribution in [0.2, 0.25) is 0 Å². The number of halogens is 1. The lowest BCUT2D eigenvalue weighted by atomic mass is 10.1. The quantitative estimate of drug-likeness (QED) is 0.786. The number of benzene rings is 1. The van der Waals surface area contributed by atoms with Crippen molar-refractivity contribution in [2.24, 2.45) is 0 Å². The van der Waals surface area contributed by atoms with E-state index in [0.29, 0.717) is 19.5 Å². The highest BCUT2D eigenvalue weighted by Gasteiger charge is 2.11. The molecule has 4 heteroatoms. The molecule has 1 aromatic carbocycles. The standard InChI is InChI=1S/C13H18BrNO2/c1-2-15(9-10-16)8-7-13(17)11-5-3-4-6-12(11)14/h3-6,16H,2,7-10H2,1H3. The minimum atomic E-state index is 0.133. The zero-order valence-electron chi connectivity index (χ0n) is 10.0. The smallest absolute Gasteiger partial charge is 0.165 e. The molecule has 0 amide bonds. The summed E-state index contributed by atoms with van der Waals surface area (Å²) in [6.45, 7) is 4.33. The summed E-state index contributed by atoms with van der Waals surface area (Å²) in [7, 11) is 0. The van der Waals surface area contributed by atoms with Crippen molar-refractivity contribution in [2.45, 2.75) is 13.3 Å². The molecule has 0 fully saturated rings. The van der Waals surface area contributed by atoms with Gasteiger partial charge < -0.3 is 10.0 Å². The summed E-state index contributed by atoms with van der Waals surface area (Å²) in [5, 5.41) is 8.86. The maximum atomic E-state index is 12.0. The molecule has 0 saturated carbocycles. The number of nitrogens with zero attached hydrogens (tertiary/aromatic N) is 1. The van der Waals surface area contributed by atoms with Crippen LogP contribution in [0.3, 0.4) is 0 Å². The predicted molar refractivity (Wildman–Crippen MR) is 72.3 cm³/mol. The van der Waals surface area contributed by atoms with Gasteiger partial charge in [-0.25, -0.2) is 0 Å².